The Hall–Kier alpha value is -2.02. The number of nitrogens with one attached hydrogen (secondary N) is 1. The van der Waals surface area contributed by atoms with Gasteiger partial charge in [0.2, 0.25) is 0 Å². The molecule has 2 rings (SSSR count). The fourth-order valence-electron chi connectivity index (χ4n) is 2.85. The number of nitrogens with zero attached hydrogens (tertiary/aromatic N) is 1. The fourth-order valence-corrected chi connectivity index (χ4v) is 3.65. The molecular weight excluding hydrogens is 412 g/mol. The van der Waals surface area contributed by atoms with Gasteiger partial charge < -0.3 is 19.4 Å². The van der Waals surface area contributed by atoms with E-state index in [0.717, 1.165) is 20.9 Å². The summed E-state index contributed by atoms with van der Waals surface area (Å²) in [5.41, 5.74) is 2.03. The lowest BCUT2D eigenvalue weighted by Crippen LogP contribution is -2.33. The van der Waals surface area contributed by atoms with Gasteiger partial charge in [-0.2, -0.15) is 0 Å². The van der Waals surface area contributed by atoms with Crippen LogP contribution >= 0.6 is 15.9 Å². The van der Waals surface area contributed by atoms with E-state index in [1.807, 2.05) is 50.5 Å². The lowest BCUT2D eigenvalue weighted by atomic mass is 10.2. The van der Waals surface area contributed by atoms with Crippen molar-refractivity contribution in [3.8, 4) is 0 Å². The van der Waals surface area contributed by atoms with Crippen LogP contribution in [0.1, 0.15) is 50.2 Å². The van der Waals surface area contributed by atoms with E-state index in [-0.39, 0.29) is 5.97 Å². The average Bonchev–Trinajstić information content (AvgIpc) is 2.88. The van der Waals surface area contributed by atoms with E-state index in [1.54, 1.807) is 6.92 Å². The van der Waals surface area contributed by atoms with Crippen LogP contribution < -0.4 is 5.32 Å². The SMILES string of the molecule is CCOC(=O)c1cc2cc(C)cc(Br)c2n1CCCNC(=O)OC(C)(C)C. The van der Waals surface area contributed by atoms with E-state index in [0.29, 0.717) is 31.8 Å². The topological polar surface area (TPSA) is 69.6 Å². The first-order chi connectivity index (χ1) is 12.6. The lowest BCUT2D eigenvalue weighted by Gasteiger charge is -2.19. The van der Waals surface area contributed by atoms with Crippen LogP contribution in [0.5, 0.6) is 0 Å². The van der Waals surface area contributed by atoms with Crippen molar-refractivity contribution < 1.29 is 19.1 Å². The number of esters is 1. The van der Waals surface area contributed by atoms with Crippen LogP contribution in [0.2, 0.25) is 0 Å². The number of fused-ring (bicyclic) bond motifs is 1. The van der Waals surface area contributed by atoms with Crippen molar-refractivity contribution in [2.24, 2.45) is 0 Å². The first-order valence-corrected chi connectivity index (χ1v) is 9.85. The summed E-state index contributed by atoms with van der Waals surface area (Å²) in [4.78, 5) is 24.1. The summed E-state index contributed by atoms with van der Waals surface area (Å²) in [7, 11) is 0. The Kier molecular flexibility index (Phi) is 6.92. The van der Waals surface area contributed by atoms with E-state index >= 15 is 0 Å². The number of hydrogen-bond acceptors (Lipinski definition) is 4. The number of aromatic nitrogens is 1. The van der Waals surface area contributed by atoms with Crippen LogP contribution in [-0.2, 0) is 16.0 Å². The monoisotopic (exact) mass is 438 g/mol. The number of hydrogen-bond donors (Lipinski definition) is 1. The lowest BCUT2D eigenvalue weighted by molar-refractivity contribution is 0.0503. The minimum absolute atomic E-state index is 0.320. The van der Waals surface area contributed by atoms with Crippen LogP contribution in [0, 0.1) is 6.92 Å². The average molecular weight is 439 g/mol. The number of rotatable bonds is 6. The Morgan fingerprint density at radius 3 is 2.56 bits per heavy atom. The molecule has 7 heteroatoms. The summed E-state index contributed by atoms with van der Waals surface area (Å²) in [6, 6.07) is 5.91. The molecule has 2 aromatic rings. The number of aryl methyl sites for hydroxylation is 2. The van der Waals surface area contributed by atoms with Gasteiger partial charge in [0.1, 0.15) is 11.3 Å². The van der Waals surface area contributed by atoms with Crippen molar-refractivity contribution in [3.05, 3.63) is 33.9 Å². The van der Waals surface area contributed by atoms with Crippen LogP contribution in [0.4, 0.5) is 4.79 Å². The molecule has 0 aliphatic heterocycles. The molecule has 0 atom stereocenters. The zero-order valence-electron chi connectivity index (χ0n) is 16.5. The second-order valence-corrected chi connectivity index (χ2v) is 8.22. The largest absolute Gasteiger partial charge is 0.461 e. The van der Waals surface area contributed by atoms with Crippen molar-refractivity contribution in [3.63, 3.8) is 0 Å². The molecule has 0 fully saturated rings. The maximum Gasteiger partial charge on any atom is 0.407 e. The van der Waals surface area contributed by atoms with Crippen LogP contribution in [-0.4, -0.2) is 35.4 Å². The van der Waals surface area contributed by atoms with E-state index in [2.05, 4.69) is 21.2 Å². The van der Waals surface area contributed by atoms with Gasteiger partial charge in [-0.25, -0.2) is 9.59 Å². The summed E-state index contributed by atoms with van der Waals surface area (Å²) in [6.07, 6.45) is 0.206. The van der Waals surface area contributed by atoms with Crippen molar-refractivity contribution in [2.75, 3.05) is 13.2 Å². The third-order valence-electron chi connectivity index (χ3n) is 3.80. The molecule has 0 spiro atoms. The molecule has 0 bridgehead atoms. The van der Waals surface area contributed by atoms with Gasteiger partial charge in [0, 0.05) is 22.9 Å². The molecule has 0 saturated carbocycles. The number of carbonyl (C=O) groups is 2. The fraction of sp³-hybridized carbons (Fsp3) is 0.500. The predicted molar refractivity (Wildman–Crippen MR) is 109 cm³/mol. The smallest absolute Gasteiger partial charge is 0.407 e. The van der Waals surface area contributed by atoms with E-state index in [4.69, 9.17) is 9.47 Å². The van der Waals surface area contributed by atoms with Crippen molar-refractivity contribution >= 4 is 38.9 Å². The summed E-state index contributed by atoms with van der Waals surface area (Å²) < 4.78 is 13.3. The number of ether oxygens (including phenoxy) is 2. The van der Waals surface area contributed by atoms with Gasteiger partial charge in [-0.1, -0.05) is 0 Å². The Bertz CT molecular complexity index is 837. The molecule has 0 aliphatic carbocycles. The van der Waals surface area contributed by atoms with Crippen LogP contribution in [0.25, 0.3) is 10.9 Å². The molecule has 6 nitrogen and oxygen atoms in total. The summed E-state index contributed by atoms with van der Waals surface area (Å²) in [5.74, 6) is -0.349. The molecule has 1 aromatic heterocycles. The zero-order chi connectivity index (χ0) is 20.2. The Morgan fingerprint density at radius 1 is 1.22 bits per heavy atom. The number of carbonyl (C=O) groups excluding carboxylic acids is 2. The highest BCUT2D eigenvalue weighted by molar-refractivity contribution is 9.10. The highest BCUT2D eigenvalue weighted by Gasteiger charge is 2.19. The maximum atomic E-state index is 12.4. The Morgan fingerprint density at radius 2 is 1.93 bits per heavy atom. The molecule has 1 amide bonds. The molecular formula is C20H27BrN2O4. The predicted octanol–water partition coefficient (Wildman–Crippen LogP) is 4.80. The molecule has 0 saturated heterocycles. The molecule has 0 unspecified atom stereocenters. The molecule has 1 aromatic carbocycles. The van der Waals surface area contributed by atoms with Gasteiger partial charge in [0.05, 0.1) is 12.1 Å². The summed E-state index contributed by atoms with van der Waals surface area (Å²) in [5, 5.41) is 3.72. The summed E-state index contributed by atoms with van der Waals surface area (Å²) >= 11 is 3.60. The number of alkyl carbamates (subject to hydrolysis) is 1. The van der Waals surface area contributed by atoms with Gasteiger partial charge in [0.25, 0.3) is 0 Å². The highest BCUT2D eigenvalue weighted by Crippen LogP contribution is 2.29. The first kappa shape index (κ1) is 21.3. The van der Waals surface area contributed by atoms with Gasteiger partial charge in [-0.3, -0.25) is 0 Å². The quantitative estimate of drug-likeness (QED) is 0.519. The number of amides is 1. The normalized spacial score (nSPS) is 11.5. The molecule has 0 radical (unpaired) electrons. The summed E-state index contributed by atoms with van der Waals surface area (Å²) in [6.45, 7) is 10.6. The third kappa shape index (κ3) is 5.73. The van der Waals surface area contributed by atoms with E-state index in [1.165, 1.54) is 0 Å². The molecule has 1 heterocycles. The molecule has 1 N–H and O–H groups in total. The second-order valence-electron chi connectivity index (χ2n) is 7.37. The van der Waals surface area contributed by atoms with E-state index < -0.39 is 11.7 Å². The molecule has 0 aliphatic rings. The standard InChI is InChI=1S/C20H27BrN2O4/c1-6-26-18(24)16-12-14-10-13(2)11-15(21)17(14)23(16)9-7-8-22-19(25)27-20(3,4)5/h10-12H,6-9H2,1-5H3,(H,22,25). The second kappa shape index (κ2) is 8.78. The van der Waals surface area contributed by atoms with Crippen molar-refractivity contribution in [2.45, 2.75) is 53.2 Å². The zero-order valence-corrected chi connectivity index (χ0v) is 18.1. The highest BCUT2D eigenvalue weighted by atomic mass is 79.9. The van der Waals surface area contributed by atoms with Gasteiger partial charge in [-0.15, -0.1) is 0 Å². The Labute approximate surface area is 168 Å². The van der Waals surface area contributed by atoms with Gasteiger partial charge in [-0.05, 0) is 80.7 Å². The van der Waals surface area contributed by atoms with Gasteiger partial charge >= 0.3 is 12.1 Å². The number of halogens is 1. The number of benzene rings is 1. The minimum atomic E-state index is -0.527. The first-order valence-electron chi connectivity index (χ1n) is 9.05. The van der Waals surface area contributed by atoms with Crippen LogP contribution in [0.15, 0.2) is 22.7 Å². The Balaban J connectivity index is 2.17. The molecule has 148 valence electrons. The molecule has 27 heavy (non-hydrogen) atoms. The van der Waals surface area contributed by atoms with Crippen molar-refractivity contribution in [1.29, 1.82) is 0 Å². The third-order valence-corrected chi connectivity index (χ3v) is 4.41. The van der Waals surface area contributed by atoms with E-state index in [9.17, 15) is 9.59 Å². The van der Waals surface area contributed by atoms with Crippen LogP contribution in [0.3, 0.4) is 0 Å². The van der Waals surface area contributed by atoms with Crippen molar-refractivity contribution in [1.82, 2.24) is 9.88 Å². The maximum absolute atomic E-state index is 12.4. The minimum Gasteiger partial charge on any atom is -0.461 e. The van der Waals surface area contributed by atoms with Gasteiger partial charge in [0.15, 0.2) is 0 Å².